The first-order valence-electron chi connectivity index (χ1n) is 7.47. The molecule has 0 aliphatic heterocycles. The van der Waals surface area contributed by atoms with Crippen LogP contribution in [0, 0.1) is 0 Å². The van der Waals surface area contributed by atoms with E-state index < -0.39 is 0 Å². The summed E-state index contributed by atoms with van der Waals surface area (Å²) in [6.45, 7) is 0. The summed E-state index contributed by atoms with van der Waals surface area (Å²) in [6.07, 6.45) is 0.759. The van der Waals surface area contributed by atoms with E-state index in [2.05, 4.69) is 40.2 Å². The smallest absolute Gasteiger partial charge is 0.309 e. The van der Waals surface area contributed by atoms with Crippen LogP contribution in [0.25, 0.3) is 21.5 Å². The molecule has 0 heterocycles. The molecule has 3 rings (SSSR count). The van der Waals surface area contributed by atoms with E-state index in [1.807, 2.05) is 18.2 Å². The summed E-state index contributed by atoms with van der Waals surface area (Å²) in [6, 6.07) is 14.4. The molecule has 0 atom stereocenters. The Bertz CT molecular complexity index is 889. The lowest BCUT2D eigenvalue weighted by Crippen LogP contribution is -2.04. The van der Waals surface area contributed by atoms with Crippen LogP contribution in [0.15, 0.2) is 42.5 Å². The van der Waals surface area contributed by atoms with Gasteiger partial charge < -0.3 is 4.74 Å². The predicted octanol–water partition coefficient (Wildman–Crippen LogP) is 4.27. The molecule has 2 nitrogen and oxygen atoms in total. The van der Waals surface area contributed by atoms with Gasteiger partial charge in [0.1, 0.15) is 0 Å². The minimum atomic E-state index is -0.232. The molecule has 2 radical (unpaired) electrons. The SMILES string of the molecule is [B]Cc1c2ccccc2c(CBr)c2cc(CC(=O)OC)ccc12. The molecule has 3 aromatic rings. The van der Waals surface area contributed by atoms with E-state index in [1.165, 1.54) is 23.4 Å². The van der Waals surface area contributed by atoms with Crippen molar-refractivity contribution in [3.05, 3.63) is 59.2 Å². The highest BCUT2D eigenvalue weighted by atomic mass is 79.9. The van der Waals surface area contributed by atoms with Crippen LogP contribution in [0.2, 0.25) is 0 Å². The summed E-state index contributed by atoms with van der Waals surface area (Å²) in [5.41, 5.74) is 3.31. The molecule has 3 aromatic carbocycles. The number of fused-ring (bicyclic) bond motifs is 2. The largest absolute Gasteiger partial charge is 0.469 e. The van der Waals surface area contributed by atoms with Crippen molar-refractivity contribution in [1.82, 2.24) is 0 Å². The monoisotopic (exact) mass is 366 g/mol. The molecule has 0 aromatic heterocycles. The molecule has 0 saturated heterocycles. The molecule has 0 fully saturated rings. The highest BCUT2D eigenvalue weighted by Gasteiger charge is 2.13. The molecule has 114 valence electrons. The summed E-state index contributed by atoms with van der Waals surface area (Å²) < 4.78 is 4.77. The fourth-order valence-electron chi connectivity index (χ4n) is 3.12. The minimum Gasteiger partial charge on any atom is -0.469 e. The van der Waals surface area contributed by atoms with Crippen molar-refractivity contribution in [2.45, 2.75) is 18.1 Å². The average molecular weight is 367 g/mol. The van der Waals surface area contributed by atoms with Crippen LogP contribution >= 0.6 is 15.9 Å². The third kappa shape index (κ3) is 2.88. The van der Waals surface area contributed by atoms with Gasteiger partial charge in [-0.2, -0.15) is 0 Å². The lowest BCUT2D eigenvalue weighted by Gasteiger charge is -2.16. The van der Waals surface area contributed by atoms with E-state index in [9.17, 15) is 4.79 Å². The normalized spacial score (nSPS) is 11.0. The first kappa shape index (κ1) is 16.1. The molecule has 0 aliphatic rings. The predicted molar refractivity (Wildman–Crippen MR) is 99.3 cm³/mol. The molecule has 23 heavy (non-hydrogen) atoms. The Morgan fingerprint density at radius 3 is 2.30 bits per heavy atom. The quantitative estimate of drug-likeness (QED) is 0.298. The van der Waals surface area contributed by atoms with Crippen LogP contribution < -0.4 is 0 Å². The maximum absolute atomic E-state index is 11.6. The van der Waals surface area contributed by atoms with E-state index in [0.717, 1.165) is 27.2 Å². The summed E-state index contributed by atoms with van der Waals surface area (Å²) in [7, 11) is 7.44. The Kier molecular flexibility index (Phi) is 4.72. The van der Waals surface area contributed by atoms with Crippen LogP contribution in [0.3, 0.4) is 0 Å². The van der Waals surface area contributed by atoms with E-state index >= 15 is 0 Å². The van der Waals surface area contributed by atoms with Crippen molar-refractivity contribution in [2.75, 3.05) is 7.11 Å². The van der Waals surface area contributed by atoms with Crippen LogP contribution in [0.1, 0.15) is 16.7 Å². The Labute approximate surface area is 145 Å². The average Bonchev–Trinajstić information content (AvgIpc) is 2.59. The van der Waals surface area contributed by atoms with Gasteiger partial charge in [0.2, 0.25) is 0 Å². The third-order valence-corrected chi connectivity index (χ3v) is 4.79. The van der Waals surface area contributed by atoms with Crippen molar-refractivity contribution in [3.63, 3.8) is 0 Å². The van der Waals surface area contributed by atoms with E-state index in [-0.39, 0.29) is 12.4 Å². The topological polar surface area (TPSA) is 26.3 Å². The fraction of sp³-hybridized carbons (Fsp3) is 0.211. The number of ether oxygens (including phenoxy) is 1. The highest BCUT2D eigenvalue weighted by molar-refractivity contribution is 9.08. The summed E-state index contributed by atoms with van der Waals surface area (Å²) >= 11 is 3.61. The highest BCUT2D eigenvalue weighted by Crippen LogP contribution is 2.34. The van der Waals surface area contributed by atoms with Gasteiger partial charge in [0.25, 0.3) is 0 Å². The zero-order valence-corrected chi connectivity index (χ0v) is 14.5. The van der Waals surface area contributed by atoms with E-state index in [1.54, 1.807) is 0 Å². The van der Waals surface area contributed by atoms with Crippen LogP contribution in [0.5, 0.6) is 0 Å². The molecule has 0 spiro atoms. The molecule has 0 N–H and O–H groups in total. The molecule has 0 amide bonds. The van der Waals surface area contributed by atoms with Crippen molar-refractivity contribution in [3.8, 4) is 0 Å². The van der Waals surface area contributed by atoms with E-state index in [4.69, 9.17) is 12.6 Å². The lowest BCUT2D eigenvalue weighted by atomic mass is 9.85. The molecular formula is C19H16BBrO2. The zero-order valence-electron chi connectivity index (χ0n) is 12.9. The number of esters is 1. The molecule has 0 saturated carbocycles. The second-order valence-corrected chi connectivity index (χ2v) is 6.03. The molecule has 0 aliphatic carbocycles. The summed E-state index contributed by atoms with van der Waals surface area (Å²) in [5.74, 6) is -0.232. The molecular weight excluding hydrogens is 351 g/mol. The van der Waals surface area contributed by atoms with Crippen molar-refractivity contribution < 1.29 is 9.53 Å². The second-order valence-electron chi connectivity index (χ2n) is 5.47. The van der Waals surface area contributed by atoms with Gasteiger partial charge in [-0.15, -0.1) is 0 Å². The summed E-state index contributed by atoms with van der Waals surface area (Å²) in [5, 5.41) is 5.43. The molecule has 0 bridgehead atoms. The maximum Gasteiger partial charge on any atom is 0.309 e. The Balaban J connectivity index is 2.33. The number of carbonyl (C=O) groups excluding carboxylic acids is 1. The maximum atomic E-state index is 11.6. The minimum absolute atomic E-state index is 0.232. The second kappa shape index (κ2) is 6.75. The van der Waals surface area contributed by atoms with Gasteiger partial charge in [-0.1, -0.05) is 64.7 Å². The number of hydrogen-bond donors (Lipinski definition) is 0. The standard InChI is InChI=1S/C19H16BBrO2/c1-23-19(22)9-12-6-7-15-16(8-12)18(11-21)14-5-3-2-4-13(14)17(15)10-20/h2-8H,9-11H2,1H3. The van der Waals surface area contributed by atoms with Crippen LogP contribution in [0.4, 0.5) is 0 Å². The van der Waals surface area contributed by atoms with Gasteiger partial charge in [-0.3, -0.25) is 4.79 Å². The van der Waals surface area contributed by atoms with Gasteiger partial charge in [0.05, 0.1) is 21.4 Å². The Hall–Kier alpha value is -1.81. The zero-order chi connectivity index (χ0) is 16.4. The van der Waals surface area contributed by atoms with Gasteiger partial charge in [-0.25, -0.2) is 0 Å². The van der Waals surface area contributed by atoms with Crippen molar-refractivity contribution in [2.24, 2.45) is 0 Å². The van der Waals surface area contributed by atoms with Gasteiger partial charge in [-0.05, 0) is 38.2 Å². The van der Waals surface area contributed by atoms with Crippen LogP contribution in [-0.4, -0.2) is 20.9 Å². The Morgan fingerprint density at radius 2 is 1.70 bits per heavy atom. The fourth-order valence-corrected chi connectivity index (χ4v) is 3.72. The Morgan fingerprint density at radius 1 is 1.04 bits per heavy atom. The van der Waals surface area contributed by atoms with Crippen molar-refractivity contribution >= 4 is 51.3 Å². The van der Waals surface area contributed by atoms with Gasteiger partial charge in [0.15, 0.2) is 0 Å². The lowest BCUT2D eigenvalue weighted by molar-refractivity contribution is -0.139. The third-order valence-electron chi connectivity index (χ3n) is 4.23. The molecule has 0 unspecified atom stereocenters. The van der Waals surface area contributed by atoms with Crippen LogP contribution in [-0.2, 0) is 27.6 Å². The number of halogens is 1. The number of hydrogen-bond acceptors (Lipinski definition) is 2. The van der Waals surface area contributed by atoms with E-state index in [0.29, 0.717) is 6.32 Å². The number of benzene rings is 3. The number of rotatable bonds is 4. The number of alkyl halides is 1. The van der Waals surface area contributed by atoms with Crippen molar-refractivity contribution in [1.29, 1.82) is 0 Å². The number of carbonyl (C=O) groups is 1. The first-order chi connectivity index (χ1) is 11.2. The first-order valence-corrected chi connectivity index (χ1v) is 8.59. The van der Waals surface area contributed by atoms with Gasteiger partial charge >= 0.3 is 5.97 Å². The molecule has 4 heteroatoms. The number of methoxy groups -OCH3 is 1. The summed E-state index contributed by atoms with van der Waals surface area (Å²) in [4.78, 5) is 11.6. The van der Waals surface area contributed by atoms with Gasteiger partial charge in [0, 0.05) is 5.33 Å².